The van der Waals surface area contributed by atoms with Crippen molar-refractivity contribution >= 4 is 28.5 Å². The summed E-state index contributed by atoms with van der Waals surface area (Å²) in [4.78, 5) is 39.6. The number of para-hydroxylation sites is 1. The van der Waals surface area contributed by atoms with Gasteiger partial charge in [0.1, 0.15) is 11.3 Å². The van der Waals surface area contributed by atoms with Gasteiger partial charge in [-0.3, -0.25) is 19.3 Å². The molecule has 0 saturated carbocycles. The maximum atomic E-state index is 13.5. The quantitative estimate of drug-likeness (QED) is 0.510. The summed E-state index contributed by atoms with van der Waals surface area (Å²) in [6, 6.07) is 20.6. The normalized spacial score (nSPS) is 15.0. The zero-order chi connectivity index (χ0) is 23.1. The fourth-order valence-corrected chi connectivity index (χ4v) is 4.11. The lowest BCUT2D eigenvalue weighted by Gasteiger charge is -2.25. The van der Waals surface area contributed by atoms with E-state index in [1.807, 2.05) is 31.2 Å². The van der Waals surface area contributed by atoms with Crippen LogP contribution in [0.1, 0.15) is 33.3 Å². The predicted octanol–water partition coefficient (Wildman–Crippen LogP) is 3.72. The van der Waals surface area contributed by atoms with Crippen LogP contribution in [0.5, 0.6) is 5.75 Å². The molecule has 0 aliphatic carbocycles. The van der Waals surface area contributed by atoms with Gasteiger partial charge in [-0.05, 0) is 48.9 Å². The fraction of sp³-hybridized carbons (Fsp3) is 0.115. The Labute approximate surface area is 189 Å². The number of nitrogens with two attached hydrogens (primary N) is 1. The second-order valence-electron chi connectivity index (χ2n) is 7.91. The van der Waals surface area contributed by atoms with Gasteiger partial charge in [0.15, 0.2) is 12.0 Å². The lowest BCUT2D eigenvalue weighted by Crippen LogP contribution is -2.29. The fourth-order valence-electron chi connectivity index (χ4n) is 4.11. The number of amides is 2. The van der Waals surface area contributed by atoms with Gasteiger partial charge in [-0.1, -0.05) is 42.0 Å². The Morgan fingerprint density at radius 3 is 2.39 bits per heavy atom. The molecule has 0 bridgehead atoms. The van der Waals surface area contributed by atoms with Gasteiger partial charge in [0.2, 0.25) is 5.76 Å². The largest absolute Gasteiger partial charge is 0.484 e. The summed E-state index contributed by atoms with van der Waals surface area (Å²) in [6.45, 7) is 1.72. The number of benzene rings is 3. The molecule has 164 valence electrons. The second kappa shape index (κ2) is 7.94. The number of carbonyl (C=O) groups excluding carboxylic acids is 2. The first kappa shape index (κ1) is 20.5. The van der Waals surface area contributed by atoms with Crippen LogP contribution >= 0.6 is 0 Å². The number of nitrogens with zero attached hydrogens (tertiary/aromatic N) is 1. The zero-order valence-corrected chi connectivity index (χ0v) is 17.8. The number of hydrogen-bond donors (Lipinski definition) is 1. The number of rotatable bonds is 5. The van der Waals surface area contributed by atoms with Crippen molar-refractivity contribution in [1.29, 1.82) is 0 Å². The molecule has 5 rings (SSSR count). The highest BCUT2D eigenvalue weighted by atomic mass is 16.5. The molecule has 7 heteroatoms. The molecule has 7 nitrogen and oxygen atoms in total. The van der Waals surface area contributed by atoms with Crippen LogP contribution in [0, 0.1) is 6.92 Å². The summed E-state index contributed by atoms with van der Waals surface area (Å²) in [6.07, 6.45) is 0. The van der Waals surface area contributed by atoms with Gasteiger partial charge in [0.25, 0.3) is 11.8 Å². The monoisotopic (exact) mass is 440 g/mol. The van der Waals surface area contributed by atoms with Gasteiger partial charge in [-0.2, -0.15) is 0 Å². The van der Waals surface area contributed by atoms with Crippen LogP contribution in [0.15, 0.2) is 82.0 Å². The third kappa shape index (κ3) is 3.53. The molecule has 3 aromatic carbocycles. The van der Waals surface area contributed by atoms with Crippen molar-refractivity contribution in [2.24, 2.45) is 5.73 Å². The van der Waals surface area contributed by atoms with E-state index in [9.17, 15) is 14.4 Å². The molecular formula is C26H20N2O5. The minimum Gasteiger partial charge on any atom is -0.484 e. The highest BCUT2D eigenvalue weighted by molar-refractivity contribution is 6.10. The Balaban J connectivity index is 1.68. The number of hydrogen-bond acceptors (Lipinski definition) is 5. The Hall–Kier alpha value is -4.39. The summed E-state index contributed by atoms with van der Waals surface area (Å²) < 4.78 is 11.3. The van der Waals surface area contributed by atoms with Crippen LogP contribution in [-0.2, 0) is 4.79 Å². The Bertz CT molecular complexity index is 1440. The number of anilines is 1. The molecule has 0 fully saturated rings. The van der Waals surface area contributed by atoms with Crippen molar-refractivity contribution in [2.45, 2.75) is 13.0 Å². The summed E-state index contributed by atoms with van der Waals surface area (Å²) in [5.41, 5.74) is 7.97. The van der Waals surface area contributed by atoms with E-state index in [4.69, 9.17) is 14.9 Å². The molecule has 2 amide bonds. The third-order valence-electron chi connectivity index (χ3n) is 5.67. The molecular weight excluding hydrogens is 420 g/mol. The van der Waals surface area contributed by atoms with E-state index in [-0.39, 0.29) is 23.7 Å². The molecule has 1 aromatic heterocycles. The lowest BCUT2D eigenvalue weighted by atomic mass is 9.98. The molecule has 0 spiro atoms. The molecule has 2 heterocycles. The van der Waals surface area contributed by atoms with E-state index in [2.05, 4.69) is 0 Å². The zero-order valence-electron chi connectivity index (χ0n) is 17.8. The summed E-state index contributed by atoms with van der Waals surface area (Å²) >= 11 is 0. The number of aryl methyl sites for hydroxylation is 1. The van der Waals surface area contributed by atoms with Crippen LogP contribution in [0.2, 0.25) is 0 Å². The average molecular weight is 440 g/mol. The smallest absolute Gasteiger partial charge is 0.295 e. The van der Waals surface area contributed by atoms with Gasteiger partial charge in [-0.15, -0.1) is 0 Å². The van der Waals surface area contributed by atoms with E-state index < -0.39 is 11.9 Å². The lowest BCUT2D eigenvalue weighted by molar-refractivity contribution is -0.119. The Morgan fingerprint density at radius 2 is 1.70 bits per heavy atom. The molecule has 0 radical (unpaired) electrons. The third-order valence-corrected chi connectivity index (χ3v) is 5.67. The summed E-state index contributed by atoms with van der Waals surface area (Å²) in [7, 11) is 0. The van der Waals surface area contributed by atoms with E-state index in [0.717, 1.165) is 5.56 Å². The second-order valence-corrected chi connectivity index (χ2v) is 7.91. The minimum atomic E-state index is -0.679. The molecule has 2 N–H and O–H groups in total. The van der Waals surface area contributed by atoms with Crippen LogP contribution in [0.3, 0.4) is 0 Å². The van der Waals surface area contributed by atoms with Crippen LogP contribution in [0.4, 0.5) is 5.69 Å². The maximum Gasteiger partial charge on any atom is 0.295 e. The van der Waals surface area contributed by atoms with Gasteiger partial charge < -0.3 is 14.9 Å². The van der Waals surface area contributed by atoms with Crippen LogP contribution in [0.25, 0.3) is 11.0 Å². The predicted molar refractivity (Wildman–Crippen MR) is 123 cm³/mol. The molecule has 1 unspecified atom stereocenters. The standard InChI is InChI=1S/C26H20N2O5/c1-15-6-10-17(11-7-15)28-23(16-8-12-18(13-9-16)32-14-21(27)29)22-24(30)19-4-2-3-5-20(19)33-25(22)26(28)31/h2-13,23H,14H2,1H3,(H2,27,29). The van der Waals surface area contributed by atoms with Crippen molar-refractivity contribution < 1.29 is 18.7 Å². The number of primary amides is 1. The highest BCUT2D eigenvalue weighted by Crippen LogP contribution is 2.41. The van der Waals surface area contributed by atoms with Crippen LogP contribution in [-0.4, -0.2) is 18.4 Å². The van der Waals surface area contributed by atoms with E-state index in [1.165, 1.54) is 0 Å². The van der Waals surface area contributed by atoms with E-state index in [1.54, 1.807) is 53.4 Å². The summed E-state index contributed by atoms with van der Waals surface area (Å²) in [5, 5.41) is 0.418. The SMILES string of the molecule is Cc1ccc(N2C(=O)c3oc4ccccc4c(=O)c3C2c2ccc(OCC(N)=O)cc2)cc1. The topological polar surface area (TPSA) is 103 Å². The molecule has 1 aliphatic rings. The highest BCUT2D eigenvalue weighted by Gasteiger charge is 2.43. The maximum absolute atomic E-state index is 13.5. The first-order chi connectivity index (χ1) is 15.9. The molecule has 1 atom stereocenters. The van der Waals surface area contributed by atoms with Crippen molar-refractivity contribution in [3.05, 3.63) is 105 Å². The molecule has 33 heavy (non-hydrogen) atoms. The van der Waals surface area contributed by atoms with Crippen molar-refractivity contribution in [1.82, 2.24) is 0 Å². The first-order valence-corrected chi connectivity index (χ1v) is 10.4. The van der Waals surface area contributed by atoms with Crippen LogP contribution < -0.4 is 20.8 Å². The van der Waals surface area contributed by atoms with Crippen molar-refractivity contribution in [3.8, 4) is 5.75 Å². The molecule has 4 aromatic rings. The molecule has 1 aliphatic heterocycles. The van der Waals surface area contributed by atoms with Gasteiger partial charge >= 0.3 is 0 Å². The van der Waals surface area contributed by atoms with Gasteiger partial charge in [0, 0.05) is 5.69 Å². The van der Waals surface area contributed by atoms with Crippen molar-refractivity contribution in [3.63, 3.8) is 0 Å². The average Bonchev–Trinajstić information content (AvgIpc) is 3.11. The number of carbonyl (C=O) groups is 2. The molecule has 0 saturated heterocycles. The number of fused-ring (bicyclic) bond motifs is 2. The van der Waals surface area contributed by atoms with Gasteiger partial charge in [-0.25, -0.2) is 0 Å². The summed E-state index contributed by atoms with van der Waals surface area (Å²) in [5.74, 6) is -0.465. The minimum absolute atomic E-state index is 0.0401. The Kier molecular flexibility index (Phi) is 4.94. The van der Waals surface area contributed by atoms with E-state index >= 15 is 0 Å². The van der Waals surface area contributed by atoms with E-state index in [0.29, 0.717) is 33.5 Å². The first-order valence-electron chi connectivity index (χ1n) is 10.4. The Morgan fingerprint density at radius 1 is 1.00 bits per heavy atom. The van der Waals surface area contributed by atoms with Gasteiger partial charge in [0.05, 0.1) is 17.0 Å². The number of ether oxygens (including phenoxy) is 1. The van der Waals surface area contributed by atoms with Crippen molar-refractivity contribution in [2.75, 3.05) is 11.5 Å².